The van der Waals surface area contributed by atoms with Gasteiger partial charge in [0, 0.05) is 5.56 Å². The van der Waals surface area contributed by atoms with Crippen LogP contribution in [-0.4, -0.2) is 15.8 Å². The van der Waals surface area contributed by atoms with Gasteiger partial charge in [0.2, 0.25) is 0 Å². The highest BCUT2D eigenvalue weighted by atomic mass is 16.5. The Morgan fingerprint density at radius 2 is 1.78 bits per heavy atom. The molecule has 2 N–H and O–H groups in total. The van der Waals surface area contributed by atoms with Gasteiger partial charge in [-0.15, -0.1) is 0 Å². The van der Waals surface area contributed by atoms with E-state index in [0.29, 0.717) is 29.9 Å². The van der Waals surface area contributed by atoms with Crippen molar-refractivity contribution in [2.24, 2.45) is 0 Å². The van der Waals surface area contributed by atoms with Crippen molar-refractivity contribution in [3.8, 4) is 17.2 Å². The maximum atomic E-state index is 10.1. The molecule has 0 aromatic heterocycles. The lowest BCUT2D eigenvalue weighted by atomic mass is 10.0. The molecule has 0 atom stereocenters. The molecule has 0 aliphatic heterocycles. The van der Waals surface area contributed by atoms with E-state index in [1.165, 1.54) is 0 Å². The molecular weight excluding hydrogens is 288 g/mol. The predicted molar refractivity (Wildman–Crippen MR) is 93.3 cm³/mol. The van der Waals surface area contributed by atoms with Gasteiger partial charge in [-0.3, -0.25) is 0 Å². The minimum absolute atomic E-state index is 0.217. The number of hydrogen-bond donors (Lipinski definition) is 2. The van der Waals surface area contributed by atoms with Gasteiger partial charge >= 0.3 is 0 Å². The zero-order chi connectivity index (χ0) is 17.0. The van der Waals surface area contributed by atoms with E-state index in [4.69, 9.17) is 4.74 Å². The highest BCUT2D eigenvalue weighted by Crippen LogP contribution is 2.32. The monoisotopic (exact) mass is 312 g/mol. The van der Waals surface area contributed by atoms with Gasteiger partial charge in [0.1, 0.15) is 22.8 Å². The smallest absolute Gasteiger partial charge is 0.127 e. The topological polar surface area (TPSA) is 49.7 Å². The lowest BCUT2D eigenvalue weighted by Gasteiger charge is -2.24. The largest absolute Gasteiger partial charge is 0.508 e. The van der Waals surface area contributed by atoms with Crippen LogP contribution >= 0.6 is 0 Å². The van der Waals surface area contributed by atoms with Gasteiger partial charge in [-0.25, -0.2) is 0 Å². The number of hydrogen-bond acceptors (Lipinski definition) is 3. The molecule has 0 bridgehead atoms. The van der Waals surface area contributed by atoms with Crippen LogP contribution in [-0.2, 0) is 12.8 Å². The molecule has 122 valence electrons. The maximum Gasteiger partial charge on any atom is 0.127 e. The summed E-state index contributed by atoms with van der Waals surface area (Å²) in [7, 11) is 0. The van der Waals surface area contributed by atoms with Crippen LogP contribution in [0.25, 0.3) is 0 Å². The Morgan fingerprint density at radius 3 is 2.43 bits per heavy atom. The summed E-state index contributed by atoms with van der Waals surface area (Å²) < 4.78 is 5.95. The van der Waals surface area contributed by atoms with E-state index in [1.807, 2.05) is 39.0 Å². The Labute approximate surface area is 137 Å². The van der Waals surface area contributed by atoms with E-state index < -0.39 is 5.60 Å². The molecule has 3 heteroatoms. The molecule has 2 aromatic carbocycles. The zero-order valence-corrected chi connectivity index (χ0v) is 14.0. The summed E-state index contributed by atoms with van der Waals surface area (Å²) in [5.74, 6) is 1.17. The summed E-state index contributed by atoms with van der Waals surface area (Å²) in [6, 6.07) is 11.0. The summed E-state index contributed by atoms with van der Waals surface area (Å²) in [5.41, 5.74) is 2.06. The molecule has 0 aliphatic rings. The first-order chi connectivity index (χ1) is 10.8. The van der Waals surface area contributed by atoms with Gasteiger partial charge in [-0.05, 0) is 69.0 Å². The summed E-state index contributed by atoms with van der Waals surface area (Å²) in [6.45, 7) is 9.45. The molecule has 0 radical (unpaired) electrons. The van der Waals surface area contributed by atoms with Crippen LogP contribution in [0.15, 0.2) is 49.1 Å². The second-order valence-corrected chi connectivity index (χ2v) is 6.28. The fraction of sp³-hybridized carbons (Fsp3) is 0.300. The molecule has 3 nitrogen and oxygen atoms in total. The van der Waals surface area contributed by atoms with E-state index in [2.05, 4.69) is 6.58 Å². The Balaban J connectivity index is 2.21. The number of phenols is 2. The molecular formula is C20H24O3. The van der Waals surface area contributed by atoms with Crippen LogP contribution in [0.1, 0.15) is 30.5 Å². The van der Waals surface area contributed by atoms with Crippen molar-refractivity contribution in [3.63, 3.8) is 0 Å². The molecule has 0 saturated carbocycles. The fourth-order valence-electron chi connectivity index (χ4n) is 2.31. The van der Waals surface area contributed by atoms with E-state index >= 15 is 0 Å². The van der Waals surface area contributed by atoms with Crippen LogP contribution in [0, 0.1) is 6.92 Å². The molecule has 0 heterocycles. The van der Waals surface area contributed by atoms with Crippen molar-refractivity contribution in [2.75, 3.05) is 0 Å². The van der Waals surface area contributed by atoms with Gasteiger partial charge in [0.25, 0.3) is 0 Å². The normalized spacial score (nSPS) is 11.3. The highest BCUT2D eigenvalue weighted by molar-refractivity contribution is 5.47. The zero-order valence-electron chi connectivity index (χ0n) is 14.0. The molecule has 0 unspecified atom stereocenters. The molecule has 0 amide bonds. The average molecular weight is 312 g/mol. The molecule has 2 rings (SSSR count). The number of rotatable bonds is 6. The second kappa shape index (κ2) is 6.78. The number of phenolic OH excluding ortho intramolecular Hbond substituents is 2. The third-order valence-corrected chi connectivity index (χ3v) is 3.93. The van der Waals surface area contributed by atoms with Crippen molar-refractivity contribution in [2.45, 2.75) is 39.2 Å². The number of para-hydroxylation sites is 1. The van der Waals surface area contributed by atoms with Crippen molar-refractivity contribution in [1.82, 2.24) is 0 Å². The van der Waals surface area contributed by atoms with E-state index in [9.17, 15) is 10.2 Å². The molecule has 2 aromatic rings. The van der Waals surface area contributed by atoms with Crippen LogP contribution < -0.4 is 4.74 Å². The Bertz CT molecular complexity index is 702. The molecule has 0 aliphatic carbocycles. The van der Waals surface area contributed by atoms with Crippen molar-refractivity contribution < 1.29 is 14.9 Å². The van der Waals surface area contributed by atoms with Crippen LogP contribution in [0.2, 0.25) is 0 Å². The van der Waals surface area contributed by atoms with Crippen molar-refractivity contribution >= 4 is 0 Å². The Hall–Kier alpha value is -2.42. The van der Waals surface area contributed by atoms with Gasteiger partial charge in [0.05, 0.1) is 0 Å². The number of benzene rings is 2. The average Bonchev–Trinajstić information content (AvgIpc) is 2.51. The minimum Gasteiger partial charge on any atom is -0.508 e. The van der Waals surface area contributed by atoms with E-state index in [1.54, 1.807) is 24.3 Å². The first kappa shape index (κ1) is 16.9. The standard InChI is InChI=1S/C20H24O3/c1-5-20(3,4)23-19-13-15(12-18(22)14(19)2)10-11-16-8-6-7-9-17(16)21/h5-9,12-13,21-22H,1,10-11H2,2-4H3. The predicted octanol–water partition coefficient (Wildman–Crippen LogP) is 4.53. The molecule has 0 spiro atoms. The molecule has 23 heavy (non-hydrogen) atoms. The van der Waals surface area contributed by atoms with Crippen LogP contribution in [0.3, 0.4) is 0 Å². The fourth-order valence-corrected chi connectivity index (χ4v) is 2.31. The van der Waals surface area contributed by atoms with Crippen molar-refractivity contribution in [1.29, 1.82) is 0 Å². The molecule has 0 fully saturated rings. The Morgan fingerprint density at radius 1 is 1.09 bits per heavy atom. The summed E-state index contributed by atoms with van der Waals surface area (Å²) in [5, 5.41) is 20.0. The van der Waals surface area contributed by atoms with Gasteiger partial charge in [0.15, 0.2) is 0 Å². The maximum absolute atomic E-state index is 10.1. The second-order valence-electron chi connectivity index (χ2n) is 6.28. The summed E-state index contributed by atoms with van der Waals surface area (Å²) >= 11 is 0. The quantitative estimate of drug-likeness (QED) is 0.770. The van der Waals surface area contributed by atoms with E-state index in [-0.39, 0.29) is 5.75 Å². The van der Waals surface area contributed by atoms with E-state index in [0.717, 1.165) is 11.1 Å². The first-order valence-electron chi connectivity index (χ1n) is 7.74. The third kappa shape index (κ3) is 4.28. The highest BCUT2D eigenvalue weighted by Gasteiger charge is 2.18. The first-order valence-corrected chi connectivity index (χ1v) is 7.74. The third-order valence-electron chi connectivity index (χ3n) is 3.93. The summed E-state index contributed by atoms with van der Waals surface area (Å²) in [6.07, 6.45) is 3.13. The number of aromatic hydroxyl groups is 2. The molecule has 0 saturated heterocycles. The van der Waals surface area contributed by atoms with Gasteiger partial charge < -0.3 is 14.9 Å². The van der Waals surface area contributed by atoms with Gasteiger partial charge in [-0.1, -0.05) is 24.8 Å². The number of ether oxygens (including phenoxy) is 1. The van der Waals surface area contributed by atoms with Gasteiger partial charge in [-0.2, -0.15) is 0 Å². The number of aryl methyl sites for hydroxylation is 2. The van der Waals surface area contributed by atoms with Crippen molar-refractivity contribution in [3.05, 3.63) is 65.7 Å². The lowest BCUT2D eigenvalue weighted by Crippen LogP contribution is -2.25. The Kier molecular flexibility index (Phi) is 4.99. The lowest BCUT2D eigenvalue weighted by molar-refractivity contribution is 0.160. The minimum atomic E-state index is -0.506. The summed E-state index contributed by atoms with van der Waals surface area (Å²) in [4.78, 5) is 0. The van der Waals surface area contributed by atoms with Crippen LogP contribution in [0.4, 0.5) is 0 Å². The SMILES string of the molecule is C=CC(C)(C)Oc1cc(CCc2ccccc2O)cc(O)c1C. The van der Waals surface area contributed by atoms with Crippen LogP contribution in [0.5, 0.6) is 17.2 Å².